The number of amides is 1. The second kappa shape index (κ2) is 10.6. The minimum Gasteiger partial charge on any atom is -0.339 e. The van der Waals surface area contributed by atoms with Gasteiger partial charge in [0.2, 0.25) is 5.91 Å². The fraction of sp³-hybridized carbons (Fsp3) is 0.481. The van der Waals surface area contributed by atoms with E-state index in [2.05, 4.69) is 21.7 Å². The van der Waals surface area contributed by atoms with E-state index < -0.39 is 6.04 Å². The average molecular weight is 496 g/mol. The van der Waals surface area contributed by atoms with Crippen LogP contribution in [-0.2, 0) is 11.2 Å². The third-order valence-corrected chi connectivity index (χ3v) is 7.72. The Labute approximate surface area is 211 Å². The van der Waals surface area contributed by atoms with Crippen molar-refractivity contribution >= 4 is 28.5 Å². The van der Waals surface area contributed by atoms with E-state index in [0.29, 0.717) is 28.5 Å². The maximum absolute atomic E-state index is 14.0. The molecule has 2 aliphatic rings. The first-order valence-electron chi connectivity index (χ1n) is 12.7. The summed E-state index contributed by atoms with van der Waals surface area (Å²) in [6.45, 7) is 9.14. The number of fused-ring (bicyclic) bond motifs is 1. The molecule has 186 valence electrons. The molecule has 5 rings (SSSR count). The molecule has 0 aliphatic carbocycles. The van der Waals surface area contributed by atoms with Gasteiger partial charge >= 0.3 is 5.69 Å². The van der Waals surface area contributed by atoms with E-state index in [1.165, 1.54) is 6.42 Å². The van der Waals surface area contributed by atoms with Gasteiger partial charge in [-0.2, -0.15) is 0 Å². The number of carbonyl (C=O) groups excluding carboxylic acids is 1. The monoisotopic (exact) mass is 495 g/mol. The van der Waals surface area contributed by atoms with Gasteiger partial charge in [-0.1, -0.05) is 48.9 Å². The number of H-pyrrole nitrogens is 1. The Morgan fingerprint density at radius 1 is 1.09 bits per heavy atom. The maximum Gasteiger partial charge on any atom is 0.327 e. The van der Waals surface area contributed by atoms with Gasteiger partial charge in [0.15, 0.2) is 0 Å². The lowest BCUT2D eigenvalue weighted by Gasteiger charge is -2.38. The summed E-state index contributed by atoms with van der Waals surface area (Å²) in [5, 5.41) is 0.541. The number of rotatable bonds is 7. The highest BCUT2D eigenvalue weighted by atomic mass is 35.5. The molecule has 3 aromatic rings. The maximum atomic E-state index is 14.0. The van der Waals surface area contributed by atoms with E-state index in [9.17, 15) is 9.59 Å². The van der Waals surface area contributed by atoms with Crippen LogP contribution < -0.4 is 5.69 Å². The number of carbonyl (C=O) groups is 1. The van der Waals surface area contributed by atoms with E-state index in [1.807, 2.05) is 35.2 Å². The first-order valence-corrected chi connectivity index (χ1v) is 13.1. The molecule has 7 nitrogen and oxygen atoms in total. The third kappa shape index (κ3) is 5.17. The summed E-state index contributed by atoms with van der Waals surface area (Å²) >= 11 is 6.27. The van der Waals surface area contributed by atoms with Crippen molar-refractivity contribution in [3.8, 4) is 0 Å². The Hall–Kier alpha value is -2.61. The van der Waals surface area contributed by atoms with Crippen molar-refractivity contribution in [1.82, 2.24) is 24.3 Å². The number of aromatic nitrogens is 2. The molecular weight excluding hydrogens is 462 g/mol. The number of piperazine rings is 1. The van der Waals surface area contributed by atoms with Crippen molar-refractivity contribution in [2.45, 2.75) is 38.3 Å². The van der Waals surface area contributed by atoms with Gasteiger partial charge in [-0.15, -0.1) is 0 Å². The largest absolute Gasteiger partial charge is 0.339 e. The number of likely N-dealkylation sites (tertiary alicyclic amines) is 1. The highest BCUT2D eigenvalue weighted by Crippen LogP contribution is 2.26. The van der Waals surface area contributed by atoms with Gasteiger partial charge in [-0.3, -0.25) is 14.3 Å². The molecule has 0 bridgehead atoms. The lowest BCUT2D eigenvalue weighted by molar-refractivity contribution is -0.133. The molecule has 2 fully saturated rings. The fourth-order valence-corrected chi connectivity index (χ4v) is 5.82. The predicted octanol–water partition coefficient (Wildman–Crippen LogP) is 3.40. The molecular formula is C27H34ClN5O2. The Morgan fingerprint density at radius 3 is 2.60 bits per heavy atom. The summed E-state index contributed by atoms with van der Waals surface area (Å²) in [7, 11) is 0. The van der Waals surface area contributed by atoms with Crippen LogP contribution in [0.4, 0.5) is 0 Å². The minimum atomic E-state index is -0.628. The summed E-state index contributed by atoms with van der Waals surface area (Å²) < 4.78 is 1.60. The summed E-state index contributed by atoms with van der Waals surface area (Å²) in [5.74, 6) is 0.00366. The van der Waals surface area contributed by atoms with Gasteiger partial charge < -0.3 is 14.8 Å². The van der Waals surface area contributed by atoms with Crippen molar-refractivity contribution in [3.63, 3.8) is 0 Å². The topological polar surface area (TPSA) is 64.6 Å². The van der Waals surface area contributed by atoms with Crippen LogP contribution in [0.5, 0.6) is 0 Å². The average Bonchev–Trinajstić information content (AvgIpc) is 3.48. The number of nitrogens with zero attached hydrogens (tertiary/aromatic N) is 4. The molecule has 2 unspecified atom stereocenters. The van der Waals surface area contributed by atoms with Crippen LogP contribution in [-0.4, -0.2) is 82.0 Å². The van der Waals surface area contributed by atoms with Crippen molar-refractivity contribution in [2.24, 2.45) is 0 Å². The molecule has 2 aliphatic heterocycles. The van der Waals surface area contributed by atoms with Crippen molar-refractivity contribution in [1.29, 1.82) is 0 Å². The SMILES string of the molecule is CCCN1CCN(C2CCN(C(=O)C(Cc3ccccc3)n3c(=O)[nH]c4ccc(Cl)cc43)C2)CC1. The Balaban J connectivity index is 1.38. The number of hydrogen-bond donors (Lipinski definition) is 1. The lowest BCUT2D eigenvalue weighted by atomic mass is 10.0. The molecule has 0 spiro atoms. The van der Waals surface area contributed by atoms with Gasteiger partial charge in [-0.05, 0) is 43.1 Å². The molecule has 8 heteroatoms. The first-order chi connectivity index (χ1) is 17.0. The van der Waals surface area contributed by atoms with Gasteiger partial charge in [-0.25, -0.2) is 4.79 Å². The van der Waals surface area contributed by atoms with Crippen LogP contribution in [0.25, 0.3) is 11.0 Å². The van der Waals surface area contributed by atoms with E-state index in [-0.39, 0.29) is 11.6 Å². The zero-order valence-corrected chi connectivity index (χ0v) is 21.1. The van der Waals surface area contributed by atoms with Gasteiger partial charge in [0, 0.05) is 56.8 Å². The zero-order chi connectivity index (χ0) is 24.4. The molecule has 35 heavy (non-hydrogen) atoms. The molecule has 0 saturated carbocycles. The normalized spacial score (nSPS) is 20.5. The number of hydrogen-bond acceptors (Lipinski definition) is 4. The number of halogens is 1. The first kappa shape index (κ1) is 24.1. The number of benzene rings is 2. The predicted molar refractivity (Wildman–Crippen MR) is 140 cm³/mol. The highest BCUT2D eigenvalue weighted by molar-refractivity contribution is 6.31. The van der Waals surface area contributed by atoms with Crippen LogP contribution in [0.2, 0.25) is 5.02 Å². The van der Waals surface area contributed by atoms with Gasteiger partial charge in [0.1, 0.15) is 6.04 Å². The second-order valence-corrected chi connectivity index (χ2v) is 10.2. The molecule has 2 aromatic carbocycles. The number of nitrogens with one attached hydrogen (secondary N) is 1. The Morgan fingerprint density at radius 2 is 1.86 bits per heavy atom. The van der Waals surface area contributed by atoms with E-state index in [1.54, 1.807) is 22.8 Å². The summed E-state index contributed by atoms with van der Waals surface area (Å²) in [4.78, 5) is 37.0. The molecule has 2 saturated heterocycles. The number of aromatic amines is 1. The minimum absolute atomic E-state index is 0.00366. The Bertz CT molecular complexity index is 1220. The molecule has 3 heterocycles. The van der Waals surface area contributed by atoms with Gasteiger partial charge in [0.05, 0.1) is 11.0 Å². The lowest BCUT2D eigenvalue weighted by Crippen LogP contribution is -2.51. The van der Waals surface area contributed by atoms with E-state index in [0.717, 1.165) is 57.8 Å². The van der Waals surface area contributed by atoms with Crippen LogP contribution in [0.1, 0.15) is 31.4 Å². The van der Waals surface area contributed by atoms with Crippen LogP contribution >= 0.6 is 11.6 Å². The molecule has 0 radical (unpaired) electrons. The van der Waals surface area contributed by atoms with Crippen LogP contribution in [0.3, 0.4) is 0 Å². The molecule has 1 amide bonds. The van der Waals surface area contributed by atoms with E-state index >= 15 is 0 Å². The number of imidazole rings is 1. The van der Waals surface area contributed by atoms with Crippen molar-refractivity contribution in [3.05, 3.63) is 69.6 Å². The Kier molecular flexibility index (Phi) is 7.27. The highest BCUT2D eigenvalue weighted by Gasteiger charge is 2.36. The smallest absolute Gasteiger partial charge is 0.327 e. The zero-order valence-electron chi connectivity index (χ0n) is 20.3. The summed E-state index contributed by atoms with van der Waals surface area (Å²) in [5.41, 5.74) is 2.10. The summed E-state index contributed by atoms with van der Waals surface area (Å²) in [6.07, 6.45) is 2.62. The molecule has 1 aromatic heterocycles. The quantitative estimate of drug-likeness (QED) is 0.545. The van der Waals surface area contributed by atoms with Crippen LogP contribution in [0.15, 0.2) is 53.3 Å². The second-order valence-electron chi connectivity index (χ2n) is 9.77. The fourth-order valence-electron chi connectivity index (χ4n) is 5.65. The molecule has 2 atom stereocenters. The van der Waals surface area contributed by atoms with E-state index in [4.69, 9.17) is 11.6 Å². The summed E-state index contributed by atoms with van der Waals surface area (Å²) in [6, 6.07) is 15.0. The van der Waals surface area contributed by atoms with Gasteiger partial charge in [0.25, 0.3) is 0 Å². The van der Waals surface area contributed by atoms with Crippen molar-refractivity contribution < 1.29 is 4.79 Å². The standard InChI is InChI=1S/C27H34ClN5O2/c1-2-11-30-13-15-31(16-14-30)22-10-12-32(19-22)26(34)25(17-20-6-4-3-5-7-20)33-24-18-21(28)8-9-23(24)29-27(33)35/h3-9,18,22,25H,2,10-17,19H2,1H3,(H,29,35). The third-order valence-electron chi connectivity index (χ3n) is 7.49. The molecule has 1 N–H and O–H groups in total. The van der Waals surface area contributed by atoms with Crippen molar-refractivity contribution in [2.75, 3.05) is 45.8 Å². The van der Waals surface area contributed by atoms with Crippen LogP contribution in [0, 0.1) is 0 Å².